The van der Waals surface area contributed by atoms with Gasteiger partial charge in [0.25, 0.3) is 0 Å². The van der Waals surface area contributed by atoms with Crippen molar-refractivity contribution in [2.75, 3.05) is 5.73 Å². The van der Waals surface area contributed by atoms with Crippen LogP contribution < -0.4 is 5.73 Å². The molecule has 0 aliphatic carbocycles. The number of anilines is 1. The van der Waals surface area contributed by atoms with Crippen molar-refractivity contribution in [1.29, 1.82) is 0 Å². The van der Waals surface area contributed by atoms with E-state index in [2.05, 4.69) is 23.4 Å². The molecule has 19 heavy (non-hydrogen) atoms. The smallest absolute Gasteiger partial charge is 0.141 e. The van der Waals surface area contributed by atoms with E-state index in [4.69, 9.17) is 10.7 Å². The Morgan fingerprint density at radius 2 is 2.00 bits per heavy atom. The van der Waals surface area contributed by atoms with Crippen molar-refractivity contribution >= 4 is 16.7 Å². The van der Waals surface area contributed by atoms with Crippen LogP contribution >= 0.6 is 0 Å². The predicted octanol–water partition coefficient (Wildman–Crippen LogP) is 2.83. The van der Waals surface area contributed by atoms with Gasteiger partial charge in [0.1, 0.15) is 5.82 Å². The van der Waals surface area contributed by atoms with Crippen molar-refractivity contribution in [3.8, 4) is 11.4 Å². The van der Waals surface area contributed by atoms with Gasteiger partial charge in [-0.25, -0.2) is 4.98 Å². The van der Waals surface area contributed by atoms with Crippen molar-refractivity contribution in [2.45, 2.75) is 13.8 Å². The number of aryl methyl sites for hydroxylation is 2. The standard InChI is InChI=1S/C15H16N4/c1-9-6-11(16)7-12(10(9)2)15-18-13-4-5-17-8-14(13)19(15)3/h4-8H,16H2,1-3H3. The van der Waals surface area contributed by atoms with Gasteiger partial charge < -0.3 is 10.3 Å². The van der Waals surface area contributed by atoms with Crippen LogP contribution in [-0.2, 0) is 7.05 Å². The molecule has 0 saturated heterocycles. The third-order valence-electron chi connectivity index (χ3n) is 3.61. The van der Waals surface area contributed by atoms with E-state index < -0.39 is 0 Å². The lowest BCUT2D eigenvalue weighted by atomic mass is 10.0. The van der Waals surface area contributed by atoms with Crippen LogP contribution in [0.2, 0.25) is 0 Å². The molecule has 1 aromatic carbocycles. The molecule has 2 heterocycles. The molecule has 2 aromatic heterocycles. The van der Waals surface area contributed by atoms with E-state index >= 15 is 0 Å². The highest BCUT2D eigenvalue weighted by Crippen LogP contribution is 2.29. The third-order valence-corrected chi connectivity index (χ3v) is 3.61. The summed E-state index contributed by atoms with van der Waals surface area (Å²) >= 11 is 0. The SMILES string of the molecule is Cc1cc(N)cc(-c2nc3ccncc3n2C)c1C. The summed E-state index contributed by atoms with van der Waals surface area (Å²) in [7, 11) is 2.00. The van der Waals surface area contributed by atoms with E-state index in [1.165, 1.54) is 11.1 Å². The van der Waals surface area contributed by atoms with E-state index in [1.54, 1.807) is 6.20 Å². The second-order valence-electron chi connectivity index (χ2n) is 4.87. The van der Waals surface area contributed by atoms with Crippen LogP contribution in [0.1, 0.15) is 11.1 Å². The number of nitrogens with zero attached hydrogens (tertiary/aromatic N) is 3. The first-order valence-corrected chi connectivity index (χ1v) is 6.21. The molecule has 2 N–H and O–H groups in total. The van der Waals surface area contributed by atoms with Crippen LogP contribution in [0.15, 0.2) is 30.6 Å². The first kappa shape index (κ1) is 11.7. The molecule has 4 heteroatoms. The molecule has 3 aromatic rings. The average molecular weight is 252 g/mol. The zero-order chi connectivity index (χ0) is 13.6. The van der Waals surface area contributed by atoms with E-state index in [1.807, 2.05) is 31.4 Å². The largest absolute Gasteiger partial charge is 0.399 e. The molecule has 0 unspecified atom stereocenters. The maximum atomic E-state index is 5.96. The Morgan fingerprint density at radius 1 is 1.21 bits per heavy atom. The monoisotopic (exact) mass is 252 g/mol. The number of hydrogen-bond acceptors (Lipinski definition) is 3. The van der Waals surface area contributed by atoms with Gasteiger partial charge in [-0.1, -0.05) is 0 Å². The fraction of sp³-hybridized carbons (Fsp3) is 0.200. The van der Waals surface area contributed by atoms with E-state index in [0.29, 0.717) is 0 Å². The maximum Gasteiger partial charge on any atom is 0.141 e. The number of nitrogens with two attached hydrogens (primary N) is 1. The van der Waals surface area contributed by atoms with Crippen LogP contribution in [0.3, 0.4) is 0 Å². The van der Waals surface area contributed by atoms with E-state index in [9.17, 15) is 0 Å². The van der Waals surface area contributed by atoms with Crippen LogP contribution in [-0.4, -0.2) is 14.5 Å². The van der Waals surface area contributed by atoms with Crippen LogP contribution in [0.4, 0.5) is 5.69 Å². The number of nitrogen functional groups attached to an aromatic ring is 1. The van der Waals surface area contributed by atoms with Gasteiger partial charge in [0.15, 0.2) is 0 Å². The molecule has 0 atom stereocenters. The third kappa shape index (κ3) is 1.76. The van der Waals surface area contributed by atoms with Gasteiger partial charge in [-0.15, -0.1) is 0 Å². The first-order chi connectivity index (χ1) is 9.08. The highest BCUT2D eigenvalue weighted by Gasteiger charge is 2.13. The Labute approximate surface area is 111 Å². The Kier molecular flexibility index (Phi) is 2.52. The fourth-order valence-corrected chi connectivity index (χ4v) is 2.40. The van der Waals surface area contributed by atoms with E-state index in [-0.39, 0.29) is 0 Å². The number of imidazole rings is 1. The highest BCUT2D eigenvalue weighted by atomic mass is 15.1. The minimum atomic E-state index is 0.767. The molecule has 0 spiro atoms. The number of pyridine rings is 1. The van der Waals surface area contributed by atoms with Gasteiger partial charge >= 0.3 is 0 Å². The second kappa shape index (κ2) is 4.09. The Morgan fingerprint density at radius 3 is 2.74 bits per heavy atom. The van der Waals surface area contributed by atoms with Gasteiger partial charge in [-0.05, 0) is 43.2 Å². The molecule has 0 fully saturated rings. The summed E-state index contributed by atoms with van der Waals surface area (Å²) in [4.78, 5) is 8.85. The molecular formula is C15H16N4. The summed E-state index contributed by atoms with van der Waals surface area (Å²) in [5.74, 6) is 0.927. The van der Waals surface area contributed by atoms with Crippen LogP contribution in [0, 0.1) is 13.8 Å². The summed E-state index contributed by atoms with van der Waals surface area (Å²) < 4.78 is 2.06. The molecule has 4 nitrogen and oxygen atoms in total. The van der Waals surface area contributed by atoms with Gasteiger partial charge in [0, 0.05) is 24.5 Å². The molecule has 0 aliphatic rings. The van der Waals surface area contributed by atoms with Crippen LogP contribution in [0.5, 0.6) is 0 Å². The molecule has 0 bridgehead atoms. The lowest BCUT2D eigenvalue weighted by Gasteiger charge is -2.10. The fourth-order valence-electron chi connectivity index (χ4n) is 2.40. The van der Waals surface area contributed by atoms with Crippen molar-refractivity contribution in [1.82, 2.24) is 14.5 Å². The number of rotatable bonds is 1. The Hall–Kier alpha value is -2.36. The van der Waals surface area contributed by atoms with Crippen molar-refractivity contribution in [2.24, 2.45) is 7.05 Å². The topological polar surface area (TPSA) is 56.7 Å². The summed E-state index contributed by atoms with van der Waals surface area (Å²) in [6.45, 7) is 4.17. The van der Waals surface area contributed by atoms with Crippen LogP contribution in [0.25, 0.3) is 22.4 Å². The molecule has 0 amide bonds. The molecule has 0 aliphatic heterocycles. The molecule has 0 saturated carbocycles. The summed E-state index contributed by atoms with van der Waals surface area (Å²) in [6.07, 6.45) is 3.59. The quantitative estimate of drug-likeness (QED) is 0.677. The van der Waals surface area contributed by atoms with Gasteiger partial charge in [-0.3, -0.25) is 4.98 Å². The minimum absolute atomic E-state index is 0.767. The Balaban J connectivity index is 2.33. The lowest BCUT2D eigenvalue weighted by molar-refractivity contribution is 0.954. The number of aromatic nitrogens is 3. The minimum Gasteiger partial charge on any atom is -0.399 e. The van der Waals surface area contributed by atoms with Crippen molar-refractivity contribution in [3.05, 3.63) is 41.7 Å². The Bertz CT molecular complexity index is 771. The molecule has 3 rings (SSSR count). The number of hydrogen-bond donors (Lipinski definition) is 1. The molecule has 0 radical (unpaired) electrons. The number of benzene rings is 1. The number of fused-ring (bicyclic) bond motifs is 1. The second-order valence-corrected chi connectivity index (χ2v) is 4.87. The van der Waals surface area contributed by atoms with Gasteiger partial charge in [0.05, 0.1) is 17.2 Å². The maximum absolute atomic E-state index is 5.96. The first-order valence-electron chi connectivity index (χ1n) is 6.21. The lowest BCUT2D eigenvalue weighted by Crippen LogP contribution is -1.98. The average Bonchev–Trinajstić information content (AvgIpc) is 2.72. The zero-order valence-electron chi connectivity index (χ0n) is 11.3. The van der Waals surface area contributed by atoms with E-state index in [0.717, 1.165) is 28.1 Å². The van der Waals surface area contributed by atoms with Crippen molar-refractivity contribution in [3.63, 3.8) is 0 Å². The zero-order valence-corrected chi connectivity index (χ0v) is 11.3. The predicted molar refractivity (Wildman–Crippen MR) is 77.8 cm³/mol. The van der Waals surface area contributed by atoms with Crippen molar-refractivity contribution < 1.29 is 0 Å². The molecule has 96 valence electrons. The summed E-state index contributed by atoms with van der Waals surface area (Å²) in [5.41, 5.74) is 12.2. The summed E-state index contributed by atoms with van der Waals surface area (Å²) in [6, 6.07) is 5.90. The highest BCUT2D eigenvalue weighted by molar-refractivity contribution is 5.81. The normalized spacial score (nSPS) is 11.1. The van der Waals surface area contributed by atoms with Gasteiger partial charge in [-0.2, -0.15) is 0 Å². The molecular weight excluding hydrogens is 236 g/mol. The summed E-state index contributed by atoms with van der Waals surface area (Å²) in [5, 5.41) is 0. The van der Waals surface area contributed by atoms with Gasteiger partial charge in [0.2, 0.25) is 0 Å².